The zero-order valence-corrected chi connectivity index (χ0v) is 18.6. The van der Waals surface area contributed by atoms with Gasteiger partial charge in [-0.05, 0) is 36.8 Å². The predicted molar refractivity (Wildman–Crippen MR) is 117 cm³/mol. The minimum absolute atomic E-state index is 0.146. The van der Waals surface area contributed by atoms with Crippen molar-refractivity contribution in [1.29, 1.82) is 5.26 Å². The number of nitrogens with zero attached hydrogens (tertiary/aromatic N) is 1. The van der Waals surface area contributed by atoms with Gasteiger partial charge in [-0.25, -0.2) is 8.42 Å². The van der Waals surface area contributed by atoms with Crippen molar-refractivity contribution >= 4 is 9.84 Å². The summed E-state index contributed by atoms with van der Waals surface area (Å²) in [5.74, 6) is 1.08. The second-order valence-electron chi connectivity index (χ2n) is 6.89. The molecule has 0 bridgehead atoms. The first-order valence-electron chi connectivity index (χ1n) is 9.46. The van der Waals surface area contributed by atoms with Gasteiger partial charge in [-0.3, -0.25) is 0 Å². The molecule has 0 amide bonds. The molecule has 0 spiro atoms. The van der Waals surface area contributed by atoms with Crippen LogP contribution >= 0.6 is 0 Å². The fourth-order valence-corrected chi connectivity index (χ4v) is 5.30. The third-order valence-electron chi connectivity index (χ3n) is 5.04. The highest BCUT2D eigenvalue weighted by Crippen LogP contribution is 2.45. The third-order valence-corrected chi connectivity index (χ3v) is 7.10. The zero-order chi connectivity index (χ0) is 22.6. The molecule has 0 aromatic heterocycles. The van der Waals surface area contributed by atoms with Gasteiger partial charge in [0.05, 0.1) is 37.9 Å². The minimum atomic E-state index is -3.96. The number of methoxy groups -OCH3 is 3. The Kier molecular flexibility index (Phi) is 6.52. The van der Waals surface area contributed by atoms with E-state index in [9.17, 15) is 13.7 Å². The number of hydrogen-bond acceptors (Lipinski definition) is 6. The molecule has 0 aliphatic rings. The summed E-state index contributed by atoms with van der Waals surface area (Å²) in [4.78, 5) is 0.146. The van der Waals surface area contributed by atoms with Crippen LogP contribution in [-0.2, 0) is 9.84 Å². The van der Waals surface area contributed by atoms with Crippen molar-refractivity contribution in [3.05, 3.63) is 82.9 Å². The van der Waals surface area contributed by atoms with E-state index in [2.05, 4.69) is 6.07 Å². The van der Waals surface area contributed by atoms with Crippen molar-refractivity contribution in [3.8, 4) is 23.3 Å². The van der Waals surface area contributed by atoms with Crippen molar-refractivity contribution in [2.45, 2.75) is 17.1 Å². The van der Waals surface area contributed by atoms with Gasteiger partial charge < -0.3 is 14.2 Å². The van der Waals surface area contributed by atoms with Crippen LogP contribution in [-0.4, -0.2) is 29.7 Å². The van der Waals surface area contributed by atoms with E-state index in [-0.39, 0.29) is 10.5 Å². The number of aryl methyl sites for hydroxylation is 1. The Hall–Kier alpha value is -3.50. The summed E-state index contributed by atoms with van der Waals surface area (Å²) in [6.45, 7) is 1.89. The van der Waals surface area contributed by atoms with Crippen LogP contribution in [0.1, 0.15) is 27.5 Å². The molecule has 0 saturated carbocycles. The highest BCUT2D eigenvalue weighted by atomic mass is 32.2. The van der Waals surface area contributed by atoms with Crippen molar-refractivity contribution in [2.75, 3.05) is 21.3 Å². The molecule has 7 heteroatoms. The molecule has 3 aromatic carbocycles. The van der Waals surface area contributed by atoms with Gasteiger partial charge in [-0.1, -0.05) is 35.9 Å². The number of nitriles is 1. The predicted octanol–water partition coefficient (Wildman–Crippen LogP) is 4.46. The van der Waals surface area contributed by atoms with Gasteiger partial charge in [0.25, 0.3) is 0 Å². The Labute approximate surface area is 182 Å². The lowest BCUT2D eigenvalue weighted by molar-refractivity contribution is 0.347. The SMILES string of the molecule is COc1cc(OC)c(C(c2ccccc2C#N)S(=O)(=O)c2ccc(C)cc2)cc1OC. The van der Waals surface area contributed by atoms with Crippen LogP contribution in [0, 0.1) is 18.3 Å². The maximum atomic E-state index is 13.9. The van der Waals surface area contributed by atoms with Crippen LogP contribution in [0.15, 0.2) is 65.6 Å². The van der Waals surface area contributed by atoms with E-state index in [1.807, 2.05) is 6.92 Å². The summed E-state index contributed by atoms with van der Waals surface area (Å²) in [6, 6.07) is 18.5. The van der Waals surface area contributed by atoms with Crippen molar-refractivity contribution < 1.29 is 22.6 Å². The first-order valence-corrected chi connectivity index (χ1v) is 11.0. The lowest BCUT2D eigenvalue weighted by atomic mass is 9.98. The Bertz CT molecular complexity index is 1230. The second kappa shape index (κ2) is 9.11. The van der Waals surface area contributed by atoms with Crippen molar-refractivity contribution in [3.63, 3.8) is 0 Å². The minimum Gasteiger partial charge on any atom is -0.496 e. The van der Waals surface area contributed by atoms with E-state index in [4.69, 9.17) is 14.2 Å². The van der Waals surface area contributed by atoms with Crippen LogP contribution in [0.2, 0.25) is 0 Å². The fourth-order valence-electron chi connectivity index (χ4n) is 3.45. The van der Waals surface area contributed by atoms with Crippen LogP contribution in [0.25, 0.3) is 0 Å². The summed E-state index contributed by atoms with van der Waals surface area (Å²) in [7, 11) is 0.455. The molecule has 0 aliphatic heterocycles. The molecular weight excluding hydrogens is 414 g/mol. The molecule has 0 radical (unpaired) electrons. The normalized spacial score (nSPS) is 12.0. The quantitative estimate of drug-likeness (QED) is 0.543. The molecule has 1 atom stereocenters. The van der Waals surface area contributed by atoms with Crippen LogP contribution in [0.3, 0.4) is 0 Å². The molecule has 0 saturated heterocycles. The van der Waals surface area contributed by atoms with Gasteiger partial charge >= 0.3 is 0 Å². The number of rotatable bonds is 7. The summed E-state index contributed by atoms with van der Waals surface area (Å²) < 4.78 is 44.1. The molecule has 0 fully saturated rings. The molecule has 0 heterocycles. The average molecular weight is 438 g/mol. The van der Waals surface area contributed by atoms with Gasteiger partial charge in [-0.2, -0.15) is 5.26 Å². The van der Waals surface area contributed by atoms with Gasteiger partial charge in [0.15, 0.2) is 21.3 Å². The highest BCUT2D eigenvalue weighted by Gasteiger charge is 2.35. The number of ether oxygens (including phenoxy) is 3. The Balaban J connectivity index is 2.38. The molecule has 6 nitrogen and oxygen atoms in total. The lowest BCUT2D eigenvalue weighted by Gasteiger charge is -2.23. The molecule has 31 heavy (non-hydrogen) atoms. The lowest BCUT2D eigenvalue weighted by Crippen LogP contribution is -2.18. The number of benzene rings is 3. The first kappa shape index (κ1) is 22.2. The Morgan fingerprint density at radius 1 is 0.806 bits per heavy atom. The smallest absolute Gasteiger partial charge is 0.189 e. The van der Waals surface area contributed by atoms with Gasteiger partial charge in [0.2, 0.25) is 0 Å². The van der Waals surface area contributed by atoms with Gasteiger partial charge in [-0.15, -0.1) is 0 Å². The number of sulfone groups is 1. The van der Waals surface area contributed by atoms with Crippen LogP contribution in [0.5, 0.6) is 17.2 Å². The number of hydrogen-bond donors (Lipinski definition) is 0. The standard InChI is InChI=1S/C24H23NO5S/c1-16-9-11-18(12-10-16)31(26,27)24(19-8-6-5-7-17(19)15-25)20-13-22(29-3)23(30-4)14-21(20)28-2/h5-14,24H,1-4H3. The second-order valence-corrected chi connectivity index (χ2v) is 8.92. The maximum Gasteiger partial charge on any atom is 0.189 e. The van der Waals surface area contributed by atoms with E-state index in [0.29, 0.717) is 28.4 Å². The average Bonchev–Trinajstić information content (AvgIpc) is 2.79. The summed E-state index contributed by atoms with van der Waals surface area (Å²) in [5, 5.41) is 8.48. The van der Waals surface area contributed by atoms with Crippen LogP contribution < -0.4 is 14.2 Å². The largest absolute Gasteiger partial charge is 0.496 e. The monoisotopic (exact) mass is 437 g/mol. The summed E-state index contributed by atoms with van der Waals surface area (Å²) in [6.07, 6.45) is 0. The molecule has 3 rings (SSSR count). The van der Waals surface area contributed by atoms with Crippen molar-refractivity contribution in [2.24, 2.45) is 0 Å². The molecular formula is C24H23NO5S. The molecule has 3 aromatic rings. The van der Waals surface area contributed by atoms with E-state index in [1.165, 1.54) is 21.3 Å². The Morgan fingerprint density at radius 3 is 1.97 bits per heavy atom. The van der Waals surface area contributed by atoms with Gasteiger partial charge in [0, 0.05) is 11.6 Å². The molecule has 160 valence electrons. The van der Waals surface area contributed by atoms with E-state index < -0.39 is 15.1 Å². The van der Waals surface area contributed by atoms with E-state index in [1.54, 1.807) is 60.7 Å². The maximum absolute atomic E-state index is 13.9. The zero-order valence-electron chi connectivity index (χ0n) is 17.7. The van der Waals surface area contributed by atoms with E-state index >= 15 is 0 Å². The fraction of sp³-hybridized carbons (Fsp3) is 0.208. The van der Waals surface area contributed by atoms with E-state index in [0.717, 1.165) is 5.56 Å². The molecule has 1 unspecified atom stereocenters. The first-order chi connectivity index (χ1) is 14.9. The molecule has 0 N–H and O–H groups in total. The van der Waals surface area contributed by atoms with Gasteiger partial charge in [0.1, 0.15) is 11.0 Å². The highest BCUT2D eigenvalue weighted by molar-refractivity contribution is 7.92. The molecule has 0 aliphatic carbocycles. The van der Waals surface area contributed by atoms with Crippen molar-refractivity contribution in [1.82, 2.24) is 0 Å². The summed E-state index contributed by atoms with van der Waals surface area (Å²) >= 11 is 0. The third kappa shape index (κ3) is 4.21. The van der Waals surface area contributed by atoms with Crippen LogP contribution in [0.4, 0.5) is 0 Å². The Morgan fingerprint density at radius 2 is 1.39 bits per heavy atom. The summed E-state index contributed by atoms with van der Waals surface area (Å²) in [5.41, 5.74) is 1.91. The topological polar surface area (TPSA) is 85.6 Å².